The summed E-state index contributed by atoms with van der Waals surface area (Å²) in [6.07, 6.45) is 8.43. The molecular formula is C10H19. The van der Waals surface area contributed by atoms with Crippen LogP contribution in [-0.4, -0.2) is 0 Å². The third-order valence-corrected chi connectivity index (χ3v) is 1.62. The molecule has 0 nitrogen and oxygen atoms in total. The topological polar surface area (TPSA) is 0 Å². The molecule has 0 unspecified atom stereocenters. The predicted molar refractivity (Wildman–Crippen MR) is 47.9 cm³/mol. The number of rotatable bonds is 5. The number of hydrogen-bond acceptors (Lipinski definition) is 0. The van der Waals surface area contributed by atoms with Gasteiger partial charge in [-0.25, -0.2) is 0 Å². The van der Waals surface area contributed by atoms with Gasteiger partial charge in [-0.15, -0.1) is 0 Å². The standard InChI is InChI=1S/C10H19/c1-4-6-7-9-10(3)8-5-2/h9H,2,4-8H2,1,3H3. The molecule has 0 aliphatic heterocycles. The van der Waals surface area contributed by atoms with Crippen molar-refractivity contribution in [2.24, 2.45) is 0 Å². The van der Waals surface area contributed by atoms with Crippen LogP contribution in [0, 0.1) is 6.92 Å². The van der Waals surface area contributed by atoms with Crippen LogP contribution in [-0.2, 0) is 0 Å². The number of allylic oxidation sites excluding steroid dienone is 2. The molecule has 0 fully saturated rings. The minimum atomic E-state index is 1.04. The molecule has 0 heteroatoms. The highest BCUT2D eigenvalue weighted by molar-refractivity contribution is 4.97. The third-order valence-electron chi connectivity index (χ3n) is 1.62. The van der Waals surface area contributed by atoms with Gasteiger partial charge in [0.1, 0.15) is 0 Å². The van der Waals surface area contributed by atoms with Gasteiger partial charge in [-0.05, 0) is 26.2 Å². The van der Waals surface area contributed by atoms with E-state index in [1.54, 1.807) is 0 Å². The summed E-state index contributed by atoms with van der Waals surface area (Å²) in [5.74, 6) is 0. The van der Waals surface area contributed by atoms with Gasteiger partial charge < -0.3 is 0 Å². The van der Waals surface area contributed by atoms with Crippen molar-refractivity contribution in [3.8, 4) is 0 Å². The fourth-order valence-electron chi connectivity index (χ4n) is 0.933. The van der Waals surface area contributed by atoms with Crippen LogP contribution < -0.4 is 0 Å². The van der Waals surface area contributed by atoms with Gasteiger partial charge in [0.2, 0.25) is 0 Å². The molecule has 0 heterocycles. The van der Waals surface area contributed by atoms with Crippen molar-refractivity contribution in [3.05, 3.63) is 18.6 Å². The zero-order valence-corrected chi connectivity index (χ0v) is 7.32. The summed E-state index contributed by atoms with van der Waals surface area (Å²) in [7, 11) is 0. The van der Waals surface area contributed by atoms with Gasteiger partial charge >= 0.3 is 0 Å². The summed E-state index contributed by atoms with van der Waals surface area (Å²) >= 11 is 0. The van der Waals surface area contributed by atoms with Crippen molar-refractivity contribution in [3.63, 3.8) is 0 Å². The Hall–Kier alpha value is -0.260. The zero-order valence-electron chi connectivity index (χ0n) is 7.32. The Labute approximate surface area is 65.3 Å². The summed E-state index contributed by atoms with van der Waals surface area (Å²) in [6, 6.07) is 0. The lowest BCUT2D eigenvalue weighted by Gasteiger charge is -1.96. The van der Waals surface area contributed by atoms with Crippen LogP contribution in [0.5, 0.6) is 0 Å². The van der Waals surface area contributed by atoms with Crippen molar-refractivity contribution in [2.75, 3.05) is 0 Å². The lowest BCUT2D eigenvalue weighted by Crippen LogP contribution is -1.75. The highest BCUT2D eigenvalue weighted by Crippen LogP contribution is 2.05. The molecule has 0 aliphatic rings. The molecule has 0 amide bonds. The van der Waals surface area contributed by atoms with Crippen LogP contribution in [0.1, 0.15) is 46.0 Å². The Morgan fingerprint density at radius 2 is 2.20 bits per heavy atom. The van der Waals surface area contributed by atoms with E-state index in [4.69, 9.17) is 0 Å². The fourth-order valence-corrected chi connectivity index (χ4v) is 0.933. The van der Waals surface area contributed by atoms with Crippen molar-refractivity contribution >= 4 is 0 Å². The van der Waals surface area contributed by atoms with E-state index in [9.17, 15) is 0 Å². The first-order valence-electron chi connectivity index (χ1n) is 4.26. The van der Waals surface area contributed by atoms with Crippen molar-refractivity contribution in [2.45, 2.75) is 46.0 Å². The summed E-state index contributed by atoms with van der Waals surface area (Å²) in [6.45, 7) is 8.24. The maximum Gasteiger partial charge on any atom is -0.0323 e. The molecule has 59 valence electrons. The van der Waals surface area contributed by atoms with Gasteiger partial charge in [0.15, 0.2) is 0 Å². The number of unbranched alkanes of at least 4 members (excludes halogenated alkanes) is 2. The minimum absolute atomic E-state index is 1.04. The second-order valence-electron chi connectivity index (χ2n) is 2.80. The fraction of sp³-hybridized carbons (Fsp3) is 0.700. The zero-order chi connectivity index (χ0) is 7.82. The first kappa shape index (κ1) is 9.74. The van der Waals surface area contributed by atoms with E-state index >= 15 is 0 Å². The average Bonchev–Trinajstić information content (AvgIpc) is 1.89. The first-order chi connectivity index (χ1) is 4.81. The van der Waals surface area contributed by atoms with Gasteiger partial charge in [-0.3, -0.25) is 0 Å². The second kappa shape index (κ2) is 6.85. The Morgan fingerprint density at radius 3 is 2.70 bits per heavy atom. The molecule has 0 spiro atoms. The van der Waals surface area contributed by atoms with E-state index in [2.05, 4.69) is 26.8 Å². The van der Waals surface area contributed by atoms with Crippen LogP contribution in [0.2, 0.25) is 0 Å². The monoisotopic (exact) mass is 139 g/mol. The van der Waals surface area contributed by atoms with Crippen LogP contribution in [0.4, 0.5) is 0 Å². The summed E-state index contributed by atoms with van der Waals surface area (Å²) in [4.78, 5) is 0. The molecule has 0 bridgehead atoms. The Kier molecular flexibility index (Phi) is 6.68. The molecule has 0 aromatic carbocycles. The second-order valence-corrected chi connectivity index (χ2v) is 2.80. The van der Waals surface area contributed by atoms with E-state index < -0.39 is 0 Å². The lowest BCUT2D eigenvalue weighted by molar-refractivity contribution is 0.804. The van der Waals surface area contributed by atoms with E-state index in [1.807, 2.05) is 0 Å². The summed E-state index contributed by atoms with van der Waals surface area (Å²) < 4.78 is 0. The molecular weight excluding hydrogens is 120 g/mol. The van der Waals surface area contributed by atoms with Gasteiger partial charge in [0.05, 0.1) is 0 Å². The van der Waals surface area contributed by atoms with Crippen LogP contribution in [0.3, 0.4) is 0 Å². The molecule has 0 saturated carbocycles. The lowest BCUT2D eigenvalue weighted by atomic mass is 10.1. The van der Waals surface area contributed by atoms with E-state index in [0.717, 1.165) is 6.42 Å². The van der Waals surface area contributed by atoms with Crippen molar-refractivity contribution in [1.82, 2.24) is 0 Å². The molecule has 0 aliphatic carbocycles. The largest absolute Gasteiger partial charge is 0.0856 e. The quantitative estimate of drug-likeness (QED) is 0.402. The maximum atomic E-state index is 3.81. The maximum absolute atomic E-state index is 3.81. The van der Waals surface area contributed by atoms with Gasteiger partial charge in [0, 0.05) is 0 Å². The molecule has 1 radical (unpaired) electrons. The number of hydrogen-bond donors (Lipinski definition) is 0. The van der Waals surface area contributed by atoms with Gasteiger partial charge in [-0.1, -0.05) is 38.3 Å². The van der Waals surface area contributed by atoms with Gasteiger partial charge in [0.25, 0.3) is 0 Å². The summed E-state index contributed by atoms with van der Waals surface area (Å²) in [5, 5.41) is 0. The minimum Gasteiger partial charge on any atom is -0.0856 e. The van der Waals surface area contributed by atoms with Crippen LogP contribution in [0.25, 0.3) is 0 Å². The Morgan fingerprint density at radius 1 is 1.50 bits per heavy atom. The Balaban J connectivity index is 3.28. The van der Waals surface area contributed by atoms with Crippen LogP contribution in [0.15, 0.2) is 11.6 Å². The molecule has 0 saturated heterocycles. The third kappa shape index (κ3) is 5.87. The average molecular weight is 139 g/mol. The van der Waals surface area contributed by atoms with E-state index in [0.29, 0.717) is 0 Å². The highest BCUT2D eigenvalue weighted by Gasteiger charge is 1.85. The van der Waals surface area contributed by atoms with Gasteiger partial charge in [-0.2, -0.15) is 0 Å². The molecule has 0 aromatic rings. The van der Waals surface area contributed by atoms with Crippen LogP contribution >= 0.6 is 0 Å². The summed E-state index contributed by atoms with van der Waals surface area (Å²) in [5.41, 5.74) is 1.50. The Bertz CT molecular complexity index is 90.2. The normalized spacial score (nSPS) is 12.1. The van der Waals surface area contributed by atoms with E-state index in [-0.39, 0.29) is 0 Å². The van der Waals surface area contributed by atoms with E-state index in [1.165, 1.54) is 31.3 Å². The van der Waals surface area contributed by atoms with Crippen molar-refractivity contribution in [1.29, 1.82) is 0 Å². The van der Waals surface area contributed by atoms with Crippen molar-refractivity contribution < 1.29 is 0 Å². The predicted octanol–water partition coefficient (Wildman–Crippen LogP) is 3.74. The first-order valence-corrected chi connectivity index (χ1v) is 4.26. The molecule has 0 N–H and O–H groups in total. The molecule has 0 atom stereocenters. The SMILES string of the molecule is [CH2]CCC(C)=CCCCC. The highest BCUT2D eigenvalue weighted by atomic mass is 13.9. The molecule has 0 rings (SSSR count). The smallest absolute Gasteiger partial charge is 0.0323 e. The molecule has 0 aromatic heterocycles. The molecule has 10 heavy (non-hydrogen) atoms.